The van der Waals surface area contributed by atoms with Crippen molar-refractivity contribution in [3.05, 3.63) is 23.8 Å². The summed E-state index contributed by atoms with van der Waals surface area (Å²) in [5.41, 5.74) is 1.61. The van der Waals surface area contributed by atoms with Gasteiger partial charge in [0.05, 0.1) is 5.69 Å². The Morgan fingerprint density at radius 2 is 2.40 bits per heavy atom. The molecule has 0 radical (unpaired) electrons. The molecule has 15 heavy (non-hydrogen) atoms. The first-order valence-corrected chi connectivity index (χ1v) is 4.88. The summed E-state index contributed by atoms with van der Waals surface area (Å²) in [6, 6.07) is 5.53. The molecule has 1 unspecified atom stereocenters. The predicted octanol–water partition coefficient (Wildman–Crippen LogP) is 1.11. The molecule has 80 valence electrons. The third kappa shape index (κ3) is 1.80. The summed E-state index contributed by atoms with van der Waals surface area (Å²) in [5.74, 6) is 0.546. The first-order valence-electron chi connectivity index (χ1n) is 4.88. The number of anilines is 1. The van der Waals surface area contributed by atoms with Crippen molar-refractivity contribution < 1.29 is 14.6 Å². The standard InChI is InChI=1S/C11H13NO3/c1-7(5-13)8-3-2-4-9-11(8)15-6-10(14)12-9/h2-4,7,13H,5-6H2,1H3,(H,12,14). The van der Waals surface area contributed by atoms with Gasteiger partial charge in [0.1, 0.15) is 5.75 Å². The maximum atomic E-state index is 11.1. The third-order valence-electron chi connectivity index (χ3n) is 2.47. The van der Waals surface area contributed by atoms with Crippen molar-refractivity contribution in [3.8, 4) is 5.75 Å². The number of carbonyl (C=O) groups excluding carboxylic acids is 1. The van der Waals surface area contributed by atoms with Crippen molar-refractivity contribution in [2.45, 2.75) is 12.8 Å². The summed E-state index contributed by atoms with van der Waals surface area (Å²) < 4.78 is 5.37. The summed E-state index contributed by atoms with van der Waals surface area (Å²) >= 11 is 0. The van der Waals surface area contributed by atoms with Crippen LogP contribution in [0.1, 0.15) is 18.4 Å². The molecule has 0 aromatic heterocycles. The maximum Gasteiger partial charge on any atom is 0.262 e. The summed E-state index contributed by atoms with van der Waals surface area (Å²) in [6.07, 6.45) is 0. The van der Waals surface area contributed by atoms with Gasteiger partial charge in [-0.3, -0.25) is 4.79 Å². The van der Waals surface area contributed by atoms with E-state index in [9.17, 15) is 4.79 Å². The fourth-order valence-corrected chi connectivity index (χ4v) is 1.62. The van der Waals surface area contributed by atoms with Crippen molar-refractivity contribution in [1.82, 2.24) is 0 Å². The Kier molecular flexibility index (Phi) is 2.60. The van der Waals surface area contributed by atoms with E-state index in [0.717, 1.165) is 5.56 Å². The lowest BCUT2D eigenvalue weighted by Gasteiger charge is -2.22. The van der Waals surface area contributed by atoms with Gasteiger partial charge in [0.2, 0.25) is 0 Å². The summed E-state index contributed by atoms with van der Waals surface area (Å²) in [4.78, 5) is 11.1. The molecule has 1 aromatic carbocycles. The van der Waals surface area contributed by atoms with Crippen LogP contribution in [0.4, 0.5) is 5.69 Å². The normalized spacial score (nSPS) is 16.3. The van der Waals surface area contributed by atoms with E-state index in [-0.39, 0.29) is 25.0 Å². The number of fused-ring (bicyclic) bond motifs is 1. The molecule has 0 saturated carbocycles. The molecule has 1 aromatic rings. The minimum Gasteiger partial charge on any atom is -0.481 e. The Balaban J connectivity index is 2.41. The van der Waals surface area contributed by atoms with E-state index in [4.69, 9.17) is 9.84 Å². The molecular formula is C11H13NO3. The molecule has 0 saturated heterocycles. The number of para-hydroxylation sites is 1. The van der Waals surface area contributed by atoms with Crippen molar-refractivity contribution in [1.29, 1.82) is 0 Å². The number of rotatable bonds is 2. The van der Waals surface area contributed by atoms with Gasteiger partial charge in [-0.2, -0.15) is 0 Å². The highest BCUT2D eigenvalue weighted by molar-refractivity contribution is 5.95. The van der Waals surface area contributed by atoms with E-state index >= 15 is 0 Å². The van der Waals surface area contributed by atoms with E-state index < -0.39 is 0 Å². The molecule has 0 fully saturated rings. The second kappa shape index (κ2) is 3.90. The summed E-state index contributed by atoms with van der Waals surface area (Å²) in [7, 11) is 0. The van der Waals surface area contributed by atoms with Crippen LogP contribution in [-0.2, 0) is 4.79 Å². The number of aliphatic hydroxyl groups excluding tert-OH is 1. The minimum atomic E-state index is -0.142. The van der Waals surface area contributed by atoms with Crippen LogP contribution in [0.5, 0.6) is 5.75 Å². The smallest absolute Gasteiger partial charge is 0.262 e. The van der Waals surface area contributed by atoms with Gasteiger partial charge in [0.25, 0.3) is 5.91 Å². The van der Waals surface area contributed by atoms with Gasteiger partial charge in [-0.1, -0.05) is 19.1 Å². The predicted molar refractivity (Wildman–Crippen MR) is 56.1 cm³/mol. The third-order valence-corrected chi connectivity index (χ3v) is 2.47. The zero-order valence-corrected chi connectivity index (χ0v) is 8.49. The average molecular weight is 207 g/mol. The molecule has 4 heteroatoms. The number of nitrogens with one attached hydrogen (secondary N) is 1. The molecule has 0 spiro atoms. The van der Waals surface area contributed by atoms with Crippen LogP contribution in [0, 0.1) is 0 Å². The highest BCUT2D eigenvalue weighted by atomic mass is 16.5. The fourth-order valence-electron chi connectivity index (χ4n) is 1.62. The lowest BCUT2D eigenvalue weighted by molar-refractivity contribution is -0.118. The van der Waals surface area contributed by atoms with E-state index in [0.29, 0.717) is 11.4 Å². The molecule has 1 amide bonds. The maximum absolute atomic E-state index is 11.1. The molecule has 2 rings (SSSR count). The van der Waals surface area contributed by atoms with E-state index in [1.807, 2.05) is 19.1 Å². The number of benzene rings is 1. The topological polar surface area (TPSA) is 58.6 Å². The first kappa shape index (κ1) is 9.98. The number of amides is 1. The number of hydrogen-bond donors (Lipinski definition) is 2. The fraction of sp³-hybridized carbons (Fsp3) is 0.364. The lowest BCUT2D eigenvalue weighted by atomic mass is 9.99. The van der Waals surface area contributed by atoms with Crippen LogP contribution >= 0.6 is 0 Å². The van der Waals surface area contributed by atoms with Crippen LogP contribution < -0.4 is 10.1 Å². The van der Waals surface area contributed by atoms with Crippen LogP contribution in [0.2, 0.25) is 0 Å². The molecule has 4 nitrogen and oxygen atoms in total. The van der Waals surface area contributed by atoms with Gasteiger partial charge < -0.3 is 15.2 Å². The second-order valence-corrected chi connectivity index (χ2v) is 3.64. The summed E-state index contributed by atoms with van der Waals surface area (Å²) in [5, 5.41) is 11.8. The van der Waals surface area contributed by atoms with Crippen LogP contribution in [0.3, 0.4) is 0 Å². The van der Waals surface area contributed by atoms with Crippen LogP contribution in [0.25, 0.3) is 0 Å². The monoisotopic (exact) mass is 207 g/mol. The largest absolute Gasteiger partial charge is 0.481 e. The Morgan fingerprint density at radius 3 is 3.13 bits per heavy atom. The molecule has 1 heterocycles. The van der Waals surface area contributed by atoms with Crippen molar-refractivity contribution in [3.63, 3.8) is 0 Å². The van der Waals surface area contributed by atoms with Crippen LogP contribution in [0.15, 0.2) is 18.2 Å². The molecule has 1 aliphatic rings. The van der Waals surface area contributed by atoms with Gasteiger partial charge in [0, 0.05) is 18.1 Å². The minimum absolute atomic E-state index is 0.00921. The number of ether oxygens (including phenoxy) is 1. The highest BCUT2D eigenvalue weighted by Gasteiger charge is 2.20. The second-order valence-electron chi connectivity index (χ2n) is 3.64. The number of carbonyl (C=O) groups is 1. The quantitative estimate of drug-likeness (QED) is 0.763. The first-order chi connectivity index (χ1) is 7.22. The molecule has 2 N–H and O–H groups in total. The molecule has 0 aliphatic carbocycles. The van der Waals surface area contributed by atoms with Gasteiger partial charge in [-0.25, -0.2) is 0 Å². The van der Waals surface area contributed by atoms with Crippen molar-refractivity contribution >= 4 is 11.6 Å². The number of aliphatic hydroxyl groups is 1. The van der Waals surface area contributed by atoms with Crippen LogP contribution in [-0.4, -0.2) is 24.2 Å². The average Bonchev–Trinajstić information content (AvgIpc) is 2.26. The van der Waals surface area contributed by atoms with E-state index in [2.05, 4.69) is 5.32 Å². The lowest BCUT2D eigenvalue weighted by Crippen LogP contribution is -2.26. The van der Waals surface area contributed by atoms with Gasteiger partial charge in [0.15, 0.2) is 6.61 Å². The van der Waals surface area contributed by atoms with Crippen molar-refractivity contribution in [2.24, 2.45) is 0 Å². The molecule has 0 bridgehead atoms. The molecule has 1 atom stereocenters. The Bertz CT molecular complexity index is 389. The SMILES string of the molecule is CC(CO)c1cccc2c1OCC(=O)N2. The zero-order valence-electron chi connectivity index (χ0n) is 8.49. The number of hydrogen-bond acceptors (Lipinski definition) is 3. The summed E-state index contributed by atoms with van der Waals surface area (Å²) in [6.45, 7) is 2.02. The Labute approximate surface area is 87.9 Å². The van der Waals surface area contributed by atoms with Gasteiger partial charge in [-0.05, 0) is 6.07 Å². The Hall–Kier alpha value is -1.55. The Morgan fingerprint density at radius 1 is 1.60 bits per heavy atom. The zero-order chi connectivity index (χ0) is 10.8. The molecule has 1 aliphatic heterocycles. The van der Waals surface area contributed by atoms with Gasteiger partial charge in [-0.15, -0.1) is 0 Å². The van der Waals surface area contributed by atoms with E-state index in [1.54, 1.807) is 6.07 Å². The highest BCUT2D eigenvalue weighted by Crippen LogP contribution is 2.35. The van der Waals surface area contributed by atoms with Gasteiger partial charge >= 0.3 is 0 Å². The van der Waals surface area contributed by atoms with E-state index in [1.165, 1.54) is 0 Å². The molecular weight excluding hydrogens is 194 g/mol. The van der Waals surface area contributed by atoms with Crippen molar-refractivity contribution in [2.75, 3.05) is 18.5 Å².